The van der Waals surface area contributed by atoms with Crippen LogP contribution < -0.4 is 10.1 Å². The Balaban J connectivity index is 1.58. The van der Waals surface area contributed by atoms with Crippen LogP contribution in [0.3, 0.4) is 0 Å². The third kappa shape index (κ3) is 3.39. The van der Waals surface area contributed by atoms with Gasteiger partial charge < -0.3 is 10.1 Å². The molecule has 0 aromatic carbocycles. The summed E-state index contributed by atoms with van der Waals surface area (Å²) in [7, 11) is 0. The molecule has 2 aliphatic heterocycles. The number of aryl methyl sites for hydroxylation is 1. The van der Waals surface area contributed by atoms with Gasteiger partial charge in [-0.25, -0.2) is 9.99 Å². The Morgan fingerprint density at radius 3 is 2.86 bits per heavy atom. The molecule has 3 aliphatic rings. The van der Waals surface area contributed by atoms with Crippen LogP contribution in [-0.4, -0.2) is 47.0 Å². The second kappa shape index (κ2) is 6.71. The van der Waals surface area contributed by atoms with Crippen molar-refractivity contribution >= 4 is 29.6 Å². The molecule has 1 aliphatic carbocycles. The van der Waals surface area contributed by atoms with E-state index in [4.69, 9.17) is 0 Å². The molecule has 1 unspecified atom stereocenters. The normalized spacial score (nSPS) is 22.0. The van der Waals surface area contributed by atoms with Gasteiger partial charge in [-0.2, -0.15) is 18.9 Å². The third-order valence-corrected chi connectivity index (χ3v) is 5.19. The van der Waals surface area contributed by atoms with Crippen molar-refractivity contribution in [2.45, 2.75) is 33.8 Å². The number of carbonyl (C=O) groups excluding carboxylic acids is 2. The highest BCUT2D eigenvalue weighted by molar-refractivity contribution is 6.17. The van der Waals surface area contributed by atoms with Crippen LogP contribution in [0.1, 0.15) is 25.8 Å². The molecule has 0 radical (unpaired) electrons. The summed E-state index contributed by atoms with van der Waals surface area (Å²) >= 11 is 0. The van der Waals surface area contributed by atoms with E-state index >= 15 is 0 Å². The highest BCUT2D eigenvalue weighted by atomic mass is 19.3. The van der Waals surface area contributed by atoms with Crippen molar-refractivity contribution in [3.63, 3.8) is 0 Å². The molecule has 0 fully saturated rings. The molecular weight excluding hydrogens is 384 g/mol. The standard InChI is InChI=1S/C19H19F2N5O3/c1-9-4-10(6-22-17(9)29-18(20)21)24-16(28)11-5-19(2,3)14-12(11)7-23-26-8-13(27)25-15(14)26/h4,6-7,11,18H,5,8H2,1-3H3,(H,24,28). The Morgan fingerprint density at radius 1 is 1.41 bits per heavy atom. The lowest BCUT2D eigenvalue weighted by atomic mass is 9.83. The van der Waals surface area contributed by atoms with Gasteiger partial charge in [0, 0.05) is 11.1 Å². The van der Waals surface area contributed by atoms with Gasteiger partial charge in [-0.3, -0.25) is 9.59 Å². The topological polar surface area (TPSA) is 96.2 Å². The minimum absolute atomic E-state index is 0.105. The van der Waals surface area contributed by atoms with Crippen molar-refractivity contribution in [2.75, 3.05) is 11.9 Å². The second-order valence-corrected chi connectivity index (χ2v) is 7.82. The van der Waals surface area contributed by atoms with Crippen molar-refractivity contribution < 1.29 is 23.1 Å². The molecule has 8 nitrogen and oxygen atoms in total. The summed E-state index contributed by atoms with van der Waals surface area (Å²) in [5.41, 5.74) is 1.98. The quantitative estimate of drug-likeness (QED) is 0.833. The first-order valence-electron chi connectivity index (χ1n) is 9.06. The summed E-state index contributed by atoms with van der Waals surface area (Å²) in [6, 6.07) is 1.52. The van der Waals surface area contributed by atoms with Gasteiger partial charge in [-0.05, 0) is 30.4 Å². The number of hydrogen-bond acceptors (Lipinski definition) is 6. The fourth-order valence-corrected chi connectivity index (χ4v) is 4.00. The Morgan fingerprint density at radius 2 is 2.17 bits per heavy atom. The van der Waals surface area contributed by atoms with E-state index < -0.39 is 12.5 Å². The summed E-state index contributed by atoms with van der Waals surface area (Å²) in [5, 5.41) is 8.60. The Bertz CT molecular complexity index is 1000. The lowest BCUT2D eigenvalue weighted by Crippen LogP contribution is -2.32. The van der Waals surface area contributed by atoms with Crippen LogP contribution in [0.25, 0.3) is 0 Å². The number of nitrogens with zero attached hydrogens (tertiary/aromatic N) is 4. The predicted molar refractivity (Wildman–Crippen MR) is 101 cm³/mol. The monoisotopic (exact) mass is 403 g/mol. The number of nitrogens with one attached hydrogen (secondary N) is 1. The first kappa shape index (κ1) is 19.2. The molecule has 0 bridgehead atoms. The third-order valence-electron chi connectivity index (χ3n) is 5.19. The second-order valence-electron chi connectivity index (χ2n) is 7.82. The Hall–Kier alpha value is -3.17. The molecule has 0 saturated carbocycles. The zero-order valence-corrected chi connectivity index (χ0v) is 16.1. The molecule has 1 aromatic rings. The van der Waals surface area contributed by atoms with E-state index in [0.717, 1.165) is 11.1 Å². The molecule has 0 spiro atoms. The number of carbonyl (C=O) groups is 2. The Labute approximate surface area is 165 Å². The molecule has 4 rings (SSSR count). The molecule has 1 atom stereocenters. The zero-order valence-electron chi connectivity index (χ0n) is 16.1. The number of rotatable bonds is 4. The van der Waals surface area contributed by atoms with Gasteiger partial charge in [0.2, 0.25) is 11.8 Å². The van der Waals surface area contributed by atoms with Crippen molar-refractivity contribution in [2.24, 2.45) is 21.4 Å². The molecule has 0 saturated heterocycles. The molecule has 152 valence electrons. The first-order valence-corrected chi connectivity index (χ1v) is 9.06. The van der Waals surface area contributed by atoms with E-state index in [0.29, 0.717) is 23.5 Å². The highest BCUT2D eigenvalue weighted by Crippen LogP contribution is 2.48. The maximum absolute atomic E-state index is 13.0. The van der Waals surface area contributed by atoms with Gasteiger partial charge >= 0.3 is 6.61 Å². The highest BCUT2D eigenvalue weighted by Gasteiger charge is 2.48. The molecular formula is C19H19F2N5O3. The number of amidine groups is 1. The fourth-order valence-electron chi connectivity index (χ4n) is 4.00. The van der Waals surface area contributed by atoms with Gasteiger partial charge in [0.1, 0.15) is 6.54 Å². The predicted octanol–water partition coefficient (Wildman–Crippen LogP) is 2.51. The number of anilines is 1. The summed E-state index contributed by atoms with van der Waals surface area (Å²) in [5.74, 6) is -0.687. The zero-order chi connectivity index (χ0) is 20.9. The van der Waals surface area contributed by atoms with Crippen LogP contribution in [-0.2, 0) is 9.59 Å². The smallest absolute Gasteiger partial charge is 0.388 e. The lowest BCUT2D eigenvalue weighted by molar-refractivity contribution is -0.119. The minimum Gasteiger partial charge on any atom is -0.417 e. The van der Waals surface area contributed by atoms with Gasteiger partial charge in [-0.15, -0.1) is 0 Å². The summed E-state index contributed by atoms with van der Waals surface area (Å²) in [6.45, 7) is 2.70. The SMILES string of the molecule is Cc1cc(NC(=O)C2CC(C)(C)C3=C2C=NN2CC(=O)N=C32)cnc1OC(F)F. The van der Waals surface area contributed by atoms with Gasteiger partial charge in [-0.1, -0.05) is 13.8 Å². The fraction of sp³-hybridized carbons (Fsp3) is 0.421. The van der Waals surface area contributed by atoms with Crippen LogP contribution >= 0.6 is 0 Å². The molecule has 2 amide bonds. The molecule has 10 heteroatoms. The number of pyridine rings is 1. The van der Waals surface area contributed by atoms with E-state index in [1.807, 2.05) is 13.8 Å². The largest absolute Gasteiger partial charge is 0.417 e. The first-order chi connectivity index (χ1) is 13.7. The van der Waals surface area contributed by atoms with Crippen LogP contribution in [0.2, 0.25) is 0 Å². The van der Waals surface area contributed by atoms with Crippen LogP contribution in [0.5, 0.6) is 5.88 Å². The Kier molecular flexibility index (Phi) is 4.44. The van der Waals surface area contributed by atoms with Crippen molar-refractivity contribution in [1.29, 1.82) is 0 Å². The van der Waals surface area contributed by atoms with E-state index in [1.165, 1.54) is 12.3 Å². The van der Waals surface area contributed by atoms with Crippen molar-refractivity contribution in [3.05, 3.63) is 29.0 Å². The van der Waals surface area contributed by atoms with E-state index in [2.05, 4.69) is 25.1 Å². The molecule has 1 N–H and O–H groups in total. The van der Waals surface area contributed by atoms with Crippen molar-refractivity contribution in [1.82, 2.24) is 9.99 Å². The average Bonchev–Trinajstić information content (AvgIpc) is 3.13. The van der Waals surface area contributed by atoms with Gasteiger partial charge in [0.15, 0.2) is 5.84 Å². The average molecular weight is 403 g/mol. The summed E-state index contributed by atoms with van der Waals surface area (Å²) in [4.78, 5) is 32.6. The number of aromatic nitrogens is 1. The number of hydrazone groups is 1. The van der Waals surface area contributed by atoms with Crippen LogP contribution in [0.4, 0.5) is 14.5 Å². The number of alkyl halides is 2. The number of hydrogen-bond donors (Lipinski definition) is 1. The summed E-state index contributed by atoms with van der Waals surface area (Å²) in [6.07, 6.45) is 3.42. The maximum Gasteiger partial charge on any atom is 0.388 e. The number of amides is 2. The van der Waals surface area contributed by atoms with E-state index in [9.17, 15) is 18.4 Å². The number of fused-ring (bicyclic) bond motifs is 2. The molecule has 29 heavy (non-hydrogen) atoms. The molecule has 1 aromatic heterocycles. The number of halogens is 2. The number of aliphatic imine (C=N–C) groups is 1. The van der Waals surface area contributed by atoms with E-state index in [1.54, 1.807) is 18.1 Å². The maximum atomic E-state index is 13.0. The van der Waals surface area contributed by atoms with Crippen LogP contribution in [0, 0.1) is 18.3 Å². The minimum atomic E-state index is -2.97. The van der Waals surface area contributed by atoms with E-state index in [-0.39, 0.29) is 29.7 Å². The summed E-state index contributed by atoms with van der Waals surface area (Å²) < 4.78 is 29.1. The number of ether oxygens (including phenoxy) is 1. The van der Waals surface area contributed by atoms with Gasteiger partial charge in [0.25, 0.3) is 5.91 Å². The molecule has 3 heterocycles. The van der Waals surface area contributed by atoms with Gasteiger partial charge in [0.05, 0.1) is 24.0 Å². The van der Waals surface area contributed by atoms with Crippen LogP contribution in [0.15, 0.2) is 33.5 Å². The lowest BCUT2D eigenvalue weighted by Gasteiger charge is -2.27. The van der Waals surface area contributed by atoms with Crippen molar-refractivity contribution in [3.8, 4) is 5.88 Å².